The van der Waals surface area contributed by atoms with Gasteiger partial charge in [-0.2, -0.15) is 0 Å². The van der Waals surface area contributed by atoms with Crippen molar-refractivity contribution < 1.29 is 4.79 Å². The summed E-state index contributed by atoms with van der Waals surface area (Å²) in [5.41, 5.74) is 1.26. The minimum Gasteiger partial charge on any atom is -0.338 e. The van der Waals surface area contributed by atoms with E-state index in [-0.39, 0.29) is 5.91 Å². The second-order valence-corrected chi connectivity index (χ2v) is 7.58. The molecule has 0 atom stereocenters. The zero-order chi connectivity index (χ0) is 14.5. The Hall–Kier alpha value is -0.650. The van der Waals surface area contributed by atoms with Gasteiger partial charge in [0.1, 0.15) is 0 Å². The van der Waals surface area contributed by atoms with E-state index in [9.17, 15) is 4.79 Å². The second-order valence-electron chi connectivity index (χ2n) is 4.35. The molecule has 1 heterocycles. The predicted molar refractivity (Wildman–Crippen MR) is 91.4 cm³/mol. The first kappa shape index (κ1) is 15.7. The van der Waals surface area contributed by atoms with Crippen molar-refractivity contribution in [1.82, 2.24) is 4.90 Å². The molecule has 0 aliphatic carbocycles. The highest BCUT2D eigenvalue weighted by Gasteiger charge is 2.17. The van der Waals surface area contributed by atoms with Gasteiger partial charge < -0.3 is 4.90 Å². The van der Waals surface area contributed by atoms with Crippen LogP contribution in [0.2, 0.25) is 0 Å². The monoisotopic (exact) mass is 415 g/mol. The van der Waals surface area contributed by atoms with Gasteiger partial charge in [-0.05, 0) is 56.8 Å². The Morgan fingerprint density at radius 1 is 1.25 bits per heavy atom. The Morgan fingerprint density at radius 3 is 2.50 bits per heavy atom. The van der Waals surface area contributed by atoms with Crippen LogP contribution < -0.4 is 0 Å². The molecule has 0 bridgehead atoms. The lowest BCUT2D eigenvalue weighted by Crippen LogP contribution is -2.32. The van der Waals surface area contributed by atoms with Crippen LogP contribution in [-0.2, 0) is 6.42 Å². The maximum atomic E-state index is 12.5. The summed E-state index contributed by atoms with van der Waals surface area (Å²) < 4.78 is 1.89. The number of hydrogen-bond acceptors (Lipinski definition) is 2. The summed E-state index contributed by atoms with van der Waals surface area (Å²) in [6.07, 6.45) is 0.883. The number of benzene rings is 1. The van der Waals surface area contributed by atoms with E-state index in [1.165, 1.54) is 16.9 Å². The number of halogens is 2. The van der Waals surface area contributed by atoms with Gasteiger partial charge in [0, 0.05) is 17.6 Å². The highest BCUT2D eigenvalue weighted by Crippen LogP contribution is 2.33. The van der Waals surface area contributed by atoms with Gasteiger partial charge in [0.15, 0.2) is 0 Å². The van der Waals surface area contributed by atoms with Crippen molar-refractivity contribution in [2.75, 3.05) is 13.1 Å². The molecule has 0 N–H and O–H groups in total. The summed E-state index contributed by atoms with van der Waals surface area (Å²) in [5, 5.41) is 0. The van der Waals surface area contributed by atoms with Crippen molar-refractivity contribution in [2.24, 2.45) is 0 Å². The van der Waals surface area contributed by atoms with Crippen molar-refractivity contribution in [3.8, 4) is 0 Å². The summed E-state index contributed by atoms with van der Waals surface area (Å²) in [5.74, 6) is 0.0971. The smallest absolute Gasteiger partial charge is 0.264 e. The third-order valence-electron chi connectivity index (χ3n) is 3.04. The van der Waals surface area contributed by atoms with Crippen molar-refractivity contribution >= 4 is 49.1 Å². The van der Waals surface area contributed by atoms with Gasteiger partial charge in [0.25, 0.3) is 5.91 Å². The van der Waals surface area contributed by atoms with Crippen molar-refractivity contribution in [3.05, 3.63) is 55.1 Å². The first-order chi connectivity index (χ1) is 9.61. The molecular formula is C15H15Br2NOS. The number of carbonyl (C=O) groups excluding carboxylic acids is 1. The van der Waals surface area contributed by atoms with Gasteiger partial charge in [-0.15, -0.1) is 11.3 Å². The van der Waals surface area contributed by atoms with E-state index in [4.69, 9.17) is 0 Å². The molecule has 0 saturated carbocycles. The van der Waals surface area contributed by atoms with Gasteiger partial charge in [-0.25, -0.2) is 0 Å². The zero-order valence-electron chi connectivity index (χ0n) is 11.1. The molecule has 0 aliphatic rings. The Kier molecular flexibility index (Phi) is 5.81. The van der Waals surface area contributed by atoms with E-state index < -0.39 is 0 Å². The lowest BCUT2D eigenvalue weighted by molar-refractivity contribution is 0.0771. The third kappa shape index (κ3) is 3.93. The predicted octanol–water partition coefficient (Wildman–Crippen LogP) is 4.98. The molecule has 1 aromatic heterocycles. The Morgan fingerprint density at radius 2 is 1.95 bits per heavy atom. The van der Waals surface area contributed by atoms with E-state index >= 15 is 0 Å². The van der Waals surface area contributed by atoms with Gasteiger partial charge >= 0.3 is 0 Å². The van der Waals surface area contributed by atoms with E-state index in [1.54, 1.807) is 0 Å². The van der Waals surface area contributed by atoms with Gasteiger partial charge in [0.05, 0.1) is 8.66 Å². The lowest BCUT2D eigenvalue weighted by Gasteiger charge is -2.20. The molecule has 5 heteroatoms. The van der Waals surface area contributed by atoms with Crippen molar-refractivity contribution in [3.63, 3.8) is 0 Å². The maximum absolute atomic E-state index is 12.5. The molecule has 106 valence electrons. The van der Waals surface area contributed by atoms with Crippen LogP contribution in [0.25, 0.3) is 0 Å². The molecular weight excluding hydrogens is 402 g/mol. The van der Waals surface area contributed by atoms with Gasteiger partial charge in [-0.1, -0.05) is 30.3 Å². The molecule has 2 nitrogen and oxygen atoms in total. The number of rotatable bonds is 5. The quantitative estimate of drug-likeness (QED) is 0.673. The first-order valence-electron chi connectivity index (χ1n) is 6.40. The topological polar surface area (TPSA) is 20.3 Å². The molecule has 0 unspecified atom stereocenters. The summed E-state index contributed by atoms with van der Waals surface area (Å²) in [4.78, 5) is 15.1. The molecule has 20 heavy (non-hydrogen) atoms. The fourth-order valence-electron chi connectivity index (χ4n) is 1.92. The largest absolute Gasteiger partial charge is 0.338 e. The fourth-order valence-corrected chi connectivity index (χ4v) is 3.92. The van der Waals surface area contributed by atoms with E-state index in [2.05, 4.69) is 44.0 Å². The van der Waals surface area contributed by atoms with Crippen LogP contribution >= 0.6 is 43.2 Å². The number of carbonyl (C=O) groups is 1. The average Bonchev–Trinajstić information content (AvgIpc) is 2.80. The molecule has 0 radical (unpaired) electrons. The van der Waals surface area contributed by atoms with Crippen LogP contribution in [-0.4, -0.2) is 23.9 Å². The normalized spacial score (nSPS) is 10.6. The van der Waals surface area contributed by atoms with E-state index in [0.29, 0.717) is 0 Å². The lowest BCUT2D eigenvalue weighted by atomic mass is 10.1. The molecule has 0 aliphatic heterocycles. The molecule has 2 rings (SSSR count). The summed E-state index contributed by atoms with van der Waals surface area (Å²) >= 11 is 8.32. The molecule has 0 fully saturated rings. The van der Waals surface area contributed by atoms with Crippen LogP contribution in [0, 0.1) is 0 Å². The Labute approximate surface area is 140 Å². The van der Waals surface area contributed by atoms with Crippen molar-refractivity contribution in [2.45, 2.75) is 13.3 Å². The van der Waals surface area contributed by atoms with E-state index in [1.807, 2.05) is 36.1 Å². The van der Waals surface area contributed by atoms with Crippen LogP contribution in [0.5, 0.6) is 0 Å². The highest BCUT2D eigenvalue weighted by molar-refractivity contribution is 9.13. The number of nitrogens with zero attached hydrogens (tertiary/aromatic N) is 1. The third-order valence-corrected chi connectivity index (χ3v) is 6.28. The number of likely N-dealkylation sites (N-methyl/N-ethyl adjacent to an activating group) is 1. The van der Waals surface area contributed by atoms with Crippen LogP contribution in [0.1, 0.15) is 22.2 Å². The minimum absolute atomic E-state index is 0.0971. The molecule has 1 aromatic carbocycles. The zero-order valence-corrected chi connectivity index (χ0v) is 15.1. The number of amides is 1. The summed E-state index contributed by atoms with van der Waals surface area (Å²) in [6, 6.07) is 12.1. The minimum atomic E-state index is 0.0971. The number of thiophene rings is 1. The Balaban J connectivity index is 2.02. The fraction of sp³-hybridized carbons (Fsp3) is 0.267. The molecule has 0 spiro atoms. The van der Waals surface area contributed by atoms with Crippen molar-refractivity contribution in [1.29, 1.82) is 0 Å². The maximum Gasteiger partial charge on any atom is 0.264 e. The highest BCUT2D eigenvalue weighted by atomic mass is 79.9. The molecule has 1 amide bonds. The second kappa shape index (κ2) is 7.38. The van der Waals surface area contributed by atoms with Crippen LogP contribution in [0.3, 0.4) is 0 Å². The summed E-state index contributed by atoms with van der Waals surface area (Å²) in [7, 11) is 0. The standard InChI is InChI=1S/C15H15Br2NOS/c1-2-18(9-8-11-6-4-3-5-7-11)15(19)13-10-12(16)14(17)20-13/h3-7,10H,2,8-9H2,1H3. The van der Waals surface area contributed by atoms with Crippen LogP contribution in [0.4, 0.5) is 0 Å². The number of hydrogen-bond donors (Lipinski definition) is 0. The van der Waals surface area contributed by atoms with Crippen LogP contribution in [0.15, 0.2) is 44.7 Å². The molecule has 2 aromatic rings. The molecule has 0 saturated heterocycles. The Bertz CT molecular complexity index is 563. The van der Waals surface area contributed by atoms with Gasteiger partial charge in [-0.3, -0.25) is 4.79 Å². The SMILES string of the molecule is CCN(CCc1ccccc1)C(=O)c1cc(Br)c(Br)s1. The average molecular weight is 417 g/mol. The summed E-state index contributed by atoms with van der Waals surface area (Å²) in [6.45, 7) is 3.48. The van der Waals surface area contributed by atoms with Gasteiger partial charge in [0.2, 0.25) is 0 Å². The van der Waals surface area contributed by atoms with E-state index in [0.717, 1.165) is 32.6 Å². The first-order valence-corrected chi connectivity index (χ1v) is 8.80.